The lowest BCUT2D eigenvalue weighted by molar-refractivity contribution is -0.169. The second-order valence-electron chi connectivity index (χ2n) is 6.80. The van der Waals surface area contributed by atoms with Crippen molar-refractivity contribution in [3.05, 3.63) is 41.4 Å². The third kappa shape index (κ3) is 3.34. The standard InChI is InChI=1S/C19H18ClN5O3/c20-14-3-1-13(2-4-14)17-21-18(28-24-17)15-5-6-16(23-22-15)25-9-7-19(8-10-25)26-11-12-27-19/h1-6H,7-12H2. The number of aromatic nitrogens is 4. The Hall–Kier alpha value is -2.55. The summed E-state index contributed by atoms with van der Waals surface area (Å²) in [5.41, 5.74) is 1.36. The minimum Gasteiger partial charge on any atom is -0.355 e. The van der Waals surface area contributed by atoms with Gasteiger partial charge in [-0.3, -0.25) is 0 Å². The first kappa shape index (κ1) is 17.5. The van der Waals surface area contributed by atoms with Gasteiger partial charge in [0, 0.05) is 36.5 Å². The van der Waals surface area contributed by atoms with Crippen LogP contribution in [0.5, 0.6) is 0 Å². The first-order valence-corrected chi connectivity index (χ1v) is 9.55. The van der Waals surface area contributed by atoms with Gasteiger partial charge in [0.25, 0.3) is 5.89 Å². The van der Waals surface area contributed by atoms with Gasteiger partial charge in [0.15, 0.2) is 17.3 Å². The lowest BCUT2D eigenvalue weighted by Crippen LogP contribution is -2.45. The van der Waals surface area contributed by atoms with Crippen LogP contribution in [0.4, 0.5) is 5.82 Å². The molecule has 2 saturated heterocycles. The molecule has 5 rings (SSSR count). The predicted molar refractivity (Wildman–Crippen MR) is 102 cm³/mol. The highest BCUT2D eigenvalue weighted by molar-refractivity contribution is 6.30. The summed E-state index contributed by atoms with van der Waals surface area (Å²) in [5.74, 6) is 1.23. The van der Waals surface area contributed by atoms with Crippen LogP contribution >= 0.6 is 11.6 Å². The number of rotatable bonds is 3. The average Bonchev–Trinajstić information content (AvgIpc) is 3.40. The number of hydrogen-bond acceptors (Lipinski definition) is 8. The number of hydrogen-bond donors (Lipinski definition) is 0. The maximum absolute atomic E-state index is 5.91. The Bertz CT molecular complexity index is 944. The first-order chi connectivity index (χ1) is 13.7. The maximum Gasteiger partial charge on any atom is 0.278 e. The van der Waals surface area contributed by atoms with Crippen molar-refractivity contribution < 1.29 is 14.0 Å². The van der Waals surface area contributed by atoms with E-state index >= 15 is 0 Å². The van der Waals surface area contributed by atoms with Crippen molar-refractivity contribution in [2.45, 2.75) is 18.6 Å². The average molecular weight is 400 g/mol. The van der Waals surface area contributed by atoms with Crippen molar-refractivity contribution in [3.63, 3.8) is 0 Å². The smallest absolute Gasteiger partial charge is 0.278 e. The quantitative estimate of drug-likeness (QED) is 0.663. The van der Waals surface area contributed by atoms with Crippen LogP contribution < -0.4 is 4.90 Å². The fraction of sp³-hybridized carbons (Fsp3) is 0.368. The fourth-order valence-electron chi connectivity index (χ4n) is 3.51. The Morgan fingerprint density at radius 2 is 1.68 bits per heavy atom. The van der Waals surface area contributed by atoms with Crippen LogP contribution in [0.1, 0.15) is 12.8 Å². The molecule has 4 heterocycles. The molecule has 0 bridgehead atoms. The highest BCUT2D eigenvalue weighted by Crippen LogP contribution is 2.32. The topological polar surface area (TPSA) is 86.4 Å². The molecule has 8 nitrogen and oxygen atoms in total. The predicted octanol–water partition coefficient (Wildman–Crippen LogP) is 3.19. The van der Waals surface area contributed by atoms with Gasteiger partial charge in [0.05, 0.1) is 13.2 Å². The molecule has 2 aliphatic heterocycles. The molecule has 2 aromatic heterocycles. The monoisotopic (exact) mass is 399 g/mol. The van der Waals surface area contributed by atoms with Gasteiger partial charge in [-0.25, -0.2) is 0 Å². The molecule has 0 saturated carbocycles. The summed E-state index contributed by atoms with van der Waals surface area (Å²) >= 11 is 5.91. The molecule has 0 radical (unpaired) electrons. The molecule has 2 aliphatic rings. The van der Waals surface area contributed by atoms with Crippen LogP contribution in [0, 0.1) is 0 Å². The van der Waals surface area contributed by atoms with Crippen molar-refractivity contribution in [1.29, 1.82) is 0 Å². The van der Waals surface area contributed by atoms with Crippen molar-refractivity contribution in [2.75, 3.05) is 31.2 Å². The van der Waals surface area contributed by atoms with Crippen LogP contribution in [0.2, 0.25) is 5.02 Å². The third-order valence-corrected chi connectivity index (χ3v) is 5.31. The number of halogens is 1. The molecular formula is C19H18ClN5O3. The van der Waals surface area contributed by atoms with E-state index in [1.807, 2.05) is 24.3 Å². The van der Waals surface area contributed by atoms with Gasteiger partial charge in [0.2, 0.25) is 5.82 Å². The Labute approximate surface area is 166 Å². The van der Waals surface area contributed by atoms with Crippen molar-refractivity contribution in [1.82, 2.24) is 20.3 Å². The molecule has 2 fully saturated rings. The van der Waals surface area contributed by atoms with E-state index in [2.05, 4.69) is 25.2 Å². The van der Waals surface area contributed by atoms with Gasteiger partial charge < -0.3 is 18.9 Å². The molecule has 144 valence electrons. The van der Waals surface area contributed by atoms with E-state index in [1.165, 1.54) is 0 Å². The zero-order valence-corrected chi connectivity index (χ0v) is 15.8. The number of ether oxygens (including phenoxy) is 2. The minimum atomic E-state index is -0.397. The lowest BCUT2D eigenvalue weighted by atomic mass is 10.0. The van der Waals surface area contributed by atoms with Gasteiger partial charge in [-0.2, -0.15) is 4.98 Å². The summed E-state index contributed by atoms with van der Waals surface area (Å²) in [7, 11) is 0. The van der Waals surface area contributed by atoms with Crippen LogP contribution in [-0.2, 0) is 9.47 Å². The molecule has 0 amide bonds. The zero-order chi connectivity index (χ0) is 19.0. The Kier molecular flexibility index (Phi) is 4.46. The van der Waals surface area contributed by atoms with Gasteiger partial charge in [0.1, 0.15) is 0 Å². The summed E-state index contributed by atoms with van der Waals surface area (Å²) in [6.45, 7) is 2.98. The molecule has 28 heavy (non-hydrogen) atoms. The number of piperidine rings is 1. The van der Waals surface area contributed by atoms with E-state index in [1.54, 1.807) is 12.1 Å². The Morgan fingerprint density at radius 3 is 2.36 bits per heavy atom. The minimum absolute atomic E-state index is 0.328. The van der Waals surface area contributed by atoms with Gasteiger partial charge in [-0.15, -0.1) is 10.2 Å². The zero-order valence-electron chi connectivity index (χ0n) is 15.0. The van der Waals surface area contributed by atoms with E-state index in [4.69, 9.17) is 25.6 Å². The first-order valence-electron chi connectivity index (χ1n) is 9.17. The molecule has 0 unspecified atom stereocenters. The second-order valence-corrected chi connectivity index (χ2v) is 7.24. The van der Waals surface area contributed by atoms with E-state index in [-0.39, 0.29) is 0 Å². The molecule has 3 aromatic rings. The van der Waals surface area contributed by atoms with E-state index in [0.717, 1.165) is 37.3 Å². The molecule has 0 N–H and O–H groups in total. The van der Waals surface area contributed by atoms with Crippen molar-refractivity contribution >= 4 is 17.4 Å². The van der Waals surface area contributed by atoms with E-state index < -0.39 is 5.79 Å². The van der Waals surface area contributed by atoms with Gasteiger partial charge >= 0.3 is 0 Å². The van der Waals surface area contributed by atoms with E-state index in [9.17, 15) is 0 Å². The van der Waals surface area contributed by atoms with Crippen molar-refractivity contribution in [3.8, 4) is 23.0 Å². The molecule has 1 spiro atoms. The highest BCUT2D eigenvalue weighted by atomic mass is 35.5. The fourth-order valence-corrected chi connectivity index (χ4v) is 3.64. The summed E-state index contributed by atoms with van der Waals surface area (Å²) in [4.78, 5) is 6.58. The SMILES string of the molecule is Clc1ccc(-c2noc(-c3ccc(N4CCC5(CC4)OCCO5)nn3)n2)cc1. The summed E-state index contributed by atoms with van der Waals surface area (Å²) in [6.07, 6.45) is 1.65. The highest BCUT2D eigenvalue weighted by Gasteiger charge is 2.40. The number of anilines is 1. The Morgan fingerprint density at radius 1 is 0.929 bits per heavy atom. The van der Waals surface area contributed by atoms with Crippen LogP contribution in [-0.4, -0.2) is 52.4 Å². The molecule has 1 aromatic carbocycles. The normalized spacial score (nSPS) is 18.7. The summed E-state index contributed by atoms with van der Waals surface area (Å²) < 4.78 is 16.9. The molecular weight excluding hydrogens is 382 g/mol. The molecule has 0 aliphatic carbocycles. The third-order valence-electron chi connectivity index (χ3n) is 5.06. The molecule has 9 heteroatoms. The van der Waals surface area contributed by atoms with Crippen LogP contribution in [0.3, 0.4) is 0 Å². The van der Waals surface area contributed by atoms with E-state index in [0.29, 0.717) is 35.6 Å². The lowest BCUT2D eigenvalue weighted by Gasteiger charge is -2.37. The van der Waals surface area contributed by atoms with Gasteiger partial charge in [-0.05, 0) is 36.4 Å². The van der Waals surface area contributed by atoms with Gasteiger partial charge in [-0.1, -0.05) is 16.8 Å². The Balaban J connectivity index is 1.28. The van der Waals surface area contributed by atoms with Crippen molar-refractivity contribution in [2.24, 2.45) is 0 Å². The number of nitrogens with zero attached hydrogens (tertiary/aromatic N) is 5. The maximum atomic E-state index is 5.91. The van der Waals surface area contributed by atoms with Crippen LogP contribution in [0.15, 0.2) is 40.9 Å². The summed E-state index contributed by atoms with van der Waals surface area (Å²) in [5, 5.41) is 13.3. The largest absolute Gasteiger partial charge is 0.355 e. The van der Waals surface area contributed by atoms with Crippen LogP contribution in [0.25, 0.3) is 23.0 Å². The summed E-state index contributed by atoms with van der Waals surface area (Å²) in [6, 6.07) is 11.0. The number of benzene rings is 1. The second kappa shape index (κ2) is 7.12. The molecule has 0 atom stereocenters.